The molecule has 0 bridgehead atoms. The van der Waals surface area contributed by atoms with Gasteiger partial charge in [-0.1, -0.05) is 6.07 Å². The van der Waals surface area contributed by atoms with Crippen LogP contribution in [0.25, 0.3) is 5.65 Å². The number of aromatic nitrogens is 4. The zero-order chi connectivity index (χ0) is 13.9. The van der Waals surface area contributed by atoms with E-state index in [9.17, 15) is 0 Å². The molecule has 0 saturated heterocycles. The van der Waals surface area contributed by atoms with Gasteiger partial charge in [0.1, 0.15) is 5.82 Å². The van der Waals surface area contributed by atoms with E-state index in [0.29, 0.717) is 12.4 Å². The van der Waals surface area contributed by atoms with Gasteiger partial charge < -0.3 is 10.1 Å². The molecular formula is C14H15N5O. The Balaban J connectivity index is 1.94. The number of fused-ring (bicyclic) bond motifs is 1. The lowest BCUT2D eigenvalue weighted by Gasteiger charge is -2.10. The van der Waals surface area contributed by atoms with Crippen LogP contribution in [0.3, 0.4) is 0 Å². The van der Waals surface area contributed by atoms with Crippen molar-refractivity contribution in [2.45, 2.75) is 13.5 Å². The second-order valence-corrected chi connectivity index (χ2v) is 4.46. The van der Waals surface area contributed by atoms with E-state index in [0.717, 1.165) is 22.6 Å². The summed E-state index contributed by atoms with van der Waals surface area (Å²) < 4.78 is 7.01. The zero-order valence-corrected chi connectivity index (χ0v) is 11.4. The summed E-state index contributed by atoms with van der Waals surface area (Å²) in [6, 6.07) is 5.76. The fraction of sp³-hybridized carbons (Fsp3) is 0.214. The molecule has 0 unspecified atom stereocenters. The number of ether oxygens (including phenoxy) is 1. The standard InChI is InChI=1S/C14H15N5O/c1-10-7-17-19-12(6-13(20-2)18-14(10)19)16-9-11-4-3-5-15-8-11/h3-8,16H,9H2,1-2H3. The largest absolute Gasteiger partial charge is 0.481 e. The van der Waals surface area contributed by atoms with Crippen molar-refractivity contribution < 1.29 is 4.74 Å². The number of nitrogens with one attached hydrogen (secondary N) is 1. The van der Waals surface area contributed by atoms with E-state index >= 15 is 0 Å². The van der Waals surface area contributed by atoms with Crippen LogP contribution in [0.5, 0.6) is 5.88 Å². The van der Waals surface area contributed by atoms with Gasteiger partial charge in [-0.15, -0.1) is 0 Å². The van der Waals surface area contributed by atoms with Crippen molar-refractivity contribution in [1.82, 2.24) is 19.6 Å². The summed E-state index contributed by atoms with van der Waals surface area (Å²) in [6.07, 6.45) is 5.38. The maximum absolute atomic E-state index is 5.23. The molecule has 20 heavy (non-hydrogen) atoms. The minimum Gasteiger partial charge on any atom is -0.481 e. The van der Waals surface area contributed by atoms with Crippen molar-refractivity contribution in [2.24, 2.45) is 0 Å². The Bertz CT molecular complexity index is 723. The van der Waals surface area contributed by atoms with Crippen LogP contribution >= 0.6 is 0 Å². The van der Waals surface area contributed by atoms with Crippen LogP contribution in [-0.4, -0.2) is 26.7 Å². The van der Waals surface area contributed by atoms with Gasteiger partial charge in [-0.05, 0) is 18.6 Å². The molecule has 6 heteroatoms. The summed E-state index contributed by atoms with van der Waals surface area (Å²) in [5, 5.41) is 7.66. The maximum atomic E-state index is 5.23. The number of aryl methyl sites for hydroxylation is 1. The third kappa shape index (κ3) is 2.27. The van der Waals surface area contributed by atoms with Gasteiger partial charge in [-0.25, -0.2) is 0 Å². The first kappa shape index (κ1) is 12.4. The molecule has 0 aromatic carbocycles. The first-order valence-electron chi connectivity index (χ1n) is 6.30. The Labute approximate surface area is 116 Å². The summed E-state index contributed by atoms with van der Waals surface area (Å²) >= 11 is 0. The van der Waals surface area contributed by atoms with E-state index in [1.54, 1.807) is 24.0 Å². The van der Waals surface area contributed by atoms with Crippen LogP contribution in [0.4, 0.5) is 5.82 Å². The zero-order valence-electron chi connectivity index (χ0n) is 11.4. The van der Waals surface area contributed by atoms with Crippen LogP contribution in [0.2, 0.25) is 0 Å². The molecule has 3 rings (SSSR count). The summed E-state index contributed by atoms with van der Waals surface area (Å²) in [5.74, 6) is 1.40. The summed E-state index contributed by atoms with van der Waals surface area (Å²) in [5.41, 5.74) is 2.90. The molecule has 0 aliphatic rings. The summed E-state index contributed by atoms with van der Waals surface area (Å²) in [7, 11) is 1.61. The van der Waals surface area contributed by atoms with Gasteiger partial charge in [-0.3, -0.25) is 4.98 Å². The highest BCUT2D eigenvalue weighted by atomic mass is 16.5. The van der Waals surface area contributed by atoms with Gasteiger partial charge in [0.2, 0.25) is 5.88 Å². The van der Waals surface area contributed by atoms with E-state index in [2.05, 4.69) is 20.4 Å². The van der Waals surface area contributed by atoms with Crippen molar-refractivity contribution in [1.29, 1.82) is 0 Å². The van der Waals surface area contributed by atoms with E-state index in [4.69, 9.17) is 4.74 Å². The van der Waals surface area contributed by atoms with Crippen molar-refractivity contribution in [3.05, 3.63) is 47.9 Å². The number of nitrogens with zero attached hydrogens (tertiary/aromatic N) is 4. The van der Waals surface area contributed by atoms with Crippen molar-refractivity contribution >= 4 is 11.5 Å². The highest BCUT2D eigenvalue weighted by Gasteiger charge is 2.09. The summed E-state index contributed by atoms with van der Waals surface area (Å²) in [4.78, 5) is 8.49. The normalized spacial score (nSPS) is 10.7. The number of anilines is 1. The molecule has 0 amide bonds. The number of hydrogen-bond donors (Lipinski definition) is 1. The maximum Gasteiger partial charge on any atom is 0.218 e. The molecule has 3 aromatic rings. The lowest BCUT2D eigenvalue weighted by atomic mass is 10.3. The number of pyridine rings is 1. The number of hydrogen-bond acceptors (Lipinski definition) is 5. The second-order valence-electron chi connectivity index (χ2n) is 4.46. The first-order valence-corrected chi connectivity index (χ1v) is 6.30. The van der Waals surface area contributed by atoms with Gasteiger partial charge in [0.25, 0.3) is 0 Å². The Morgan fingerprint density at radius 3 is 3.00 bits per heavy atom. The molecule has 0 fully saturated rings. The van der Waals surface area contributed by atoms with Gasteiger partial charge in [0.05, 0.1) is 13.3 Å². The first-order chi connectivity index (χ1) is 9.78. The third-order valence-electron chi connectivity index (χ3n) is 3.03. The molecule has 6 nitrogen and oxygen atoms in total. The fourth-order valence-corrected chi connectivity index (χ4v) is 1.98. The number of rotatable bonds is 4. The van der Waals surface area contributed by atoms with Gasteiger partial charge >= 0.3 is 0 Å². The van der Waals surface area contributed by atoms with E-state index in [-0.39, 0.29) is 0 Å². The molecule has 0 spiro atoms. The Hall–Kier alpha value is -2.63. The molecule has 102 valence electrons. The SMILES string of the molecule is COc1cc(NCc2cccnc2)n2ncc(C)c2n1. The predicted octanol–water partition coefficient (Wildman–Crippen LogP) is 2.05. The van der Waals surface area contributed by atoms with E-state index in [1.165, 1.54) is 0 Å². The monoisotopic (exact) mass is 269 g/mol. The molecule has 3 heterocycles. The van der Waals surface area contributed by atoms with Crippen LogP contribution in [0, 0.1) is 6.92 Å². The van der Waals surface area contributed by atoms with Crippen molar-refractivity contribution in [3.63, 3.8) is 0 Å². The topological polar surface area (TPSA) is 64.3 Å². The lowest BCUT2D eigenvalue weighted by Crippen LogP contribution is -2.07. The average molecular weight is 269 g/mol. The molecule has 0 aliphatic carbocycles. The van der Waals surface area contributed by atoms with Crippen molar-refractivity contribution in [3.8, 4) is 5.88 Å². The minimum atomic E-state index is 0.565. The quantitative estimate of drug-likeness (QED) is 0.785. The molecular weight excluding hydrogens is 254 g/mol. The van der Waals surface area contributed by atoms with Crippen molar-refractivity contribution in [2.75, 3.05) is 12.4 Å². The molecule has 0 aliphatic heterocycles. The minimum absolute atomic E-state index is 0.565. The Kier molecular flexibility index (Phi) is 3.20. The smallest absolute Gasteiger partial charge is 0.218 e. The molecule has 0 atom stereocenters. The predicted molar refractivity (Wildman–Crippen MR) is 75.8 cm³/mol. The van der Waals surface area contributed by atoms with Gasteiger partial charge in [0.15, 0.2) is 5.65 Å². The van der Waals surface area contributed by atoms with Crippen LogP contribution < -0.4 is 10.1 Å². The van der Waals surface area contributed by atoms with E-state index in [1.807, 2.05) is 31.3 Å². The Morgan fingerprint density at radius 1 is 1.35 bits per heavy atom. The van der Waals surface area contributed by atoms with E-state index < -0.39 is 0 Å². The molecule has 0 radical (unpaired) electrons. The average Bonchev–Trinajstić information content (AvgIpc) is 2.87. The lowest BCUT2D eigenvalue weighted by molar-refractivity contribution is 0.398. The highest BCUT2D eigenvalue weighted by molar-refractivity contribution is 5.55. The van der Waals surface area contributed by atoms with Crippen LogP contribution in [0.1, 0.15) is 11.1 Å². The molecule has 3 aromatic heterocycles. The fourth-order valence-electron chi connectivity index (χ4n) is 1.98. The molecule has 1 N–H and O–H groups in total. The molecule has 0 saturated carbocycles. The van der Waals surface area contributed by atoms with Gasteiger partial charge in [-0.2, -0.15) is 14.6 Å². The number of methoxy groups -OCH3 is 1. The van der Waals surface area contributed by atoms with Gasteiger partial charge in [0, 0.05) is 30.6 Å². The highest BCUT2D eigenvalue weighted by Crippen LogP contribution is 2.20. The summed E-state index contributed by atoms with van der Waals surface area (Å²) in [6.45, 7) is 2.63. The third-order valence-corrected chi connectivity index (χ3v) is 3.03. The second kappa shape index (κ2) is 5.16. The van der Waals surface area contributed by atoms with Crippen LogP contribution in [-0.2, 0) is 6.54 Å². The Morgan fingerprint density at radius 2 is 2.25 bits per heavy atom. The van der Waals surface area contributed by atoms with Crippen LogP contribution in [0.15, 0.2) is 36.8 Å².